The number of rotatable bonds is 3. The first-order valence-corrected chi connectivity index (χ1v) is 4.37. The number of thiophene rings is 1. The monoisotopic (exact) mass is 199 g/mol. The van der Waals surface area contributed by atoms with E-state index in [9.17, 15) is 10.1 Å². The van der Waals surface area contributed by atoms with E-state index in [0.717, 1.165) is 16.2 Å². The number of hydrogen-bond donors (Lipinski definition) is 0. The summed E-state index contributed by atoms with van der Waals surface area (Å²) < 4.78 is 0. The summed E-state index contributed by atoms with van der Waals surface area (Å²) in [5.74, 6) is 0. The summed E-state index contributed by atoms with van der Waals surface area (Å²) in [7, 11) is 3.58. The molecule has 70 valence electrons. The summed E-state index contributed by atoms with van der Waals surface area (Å²) in [5.41, 5.74) is 0. The molecule has 0 radical (unpaired) electrons. The van der Waals surface area contributed by atoms with E-state index in [0.29, 0.717) is 0 Å². The molecule has 1 aromatic rings. The Bertz CT molecular complexity index is 332. The Balaban J connectivity index is 2.75. The van der Waals surface area contributed by atoms with Crippen molar-refractivity contribution >= 4 is 22.6 Å². The van der Waals surface area contributed by atoms with Gasteiger partial charge >= 0.3 is 5.00 Å². The molecule has 0 saturated heterocycles. The van der Waals surface area contributed by atoms with Gasteiger partial charge in [-0.3, -0.25) is 10.1 Å². The number of hydrogen-bond acceptors (Lipinski definition) is 5. The summed E-state index contributed by atoms with van der Waals surface area (Å²) in [6, 6.07) is 3.15. The van der Waals surface area contributed by atoms with Crippen molar-refractivity contribution < 1.29 is 4.92 Å². The van der Waals surface area contributed by atoms with Gasteiger partial charge in [-0.25, -0.2) is 0 Å². The molecule has 0 unspecified atom stereocenters. The second-order valence-corrected chi connectivity index (χ2v) is 3.62. The maximum absolute atomic E-state index is 10.3. The zero-order chi connectivity index (χ0) is 9.84. The van der Waals surface area contributed by atoms with Crippen LogP contribution in [0.25, 0.3) is 0 Å². The molecule has 0 aromatic carbocycles. The lowest BCUT2D eigenvalue weighted by molar-refractivity contribution is -0.380. The van der Waals surface area contributed by atoms with E-state index in [1.165, 1.54) is 6.07 Å². The van der Waals surface area contributed by atoms with E-state index >= 15 is 0 Å². The summed E-state index contributed by atoms with van der Waals surface area (Å²) in [4.78, 5) is 10.7. The van der Waals surface area contributed by atoms with Crippen LogP contribution in [0.1, 0.15) is 4.88 Å². The summed E-state index contributed by atoms with van der Waals surface area (Å²) in [6.07, 6.45) is 1.59. The van der Waals surface area contributed by atoms with Gasteiger partial charge in [-0.2, -0.15) is 5.10 Å². The van der Waals surface area contributed by atoms with Crippen LogP contribution in [0.15, 0.2) is 17.2 Å². The van der Waals surface area contributed by atoms with Crippen LogP contribution in [-0.4, -0.2) is 30.2 Å². The molecule has 0 aliphatic rings. The molecule has 0 bridgehead atoms. The second kappa shape index (κ2) is 3.99. The smallest absolute Gasteiger partial charge is 0.303 e. The van der Waals surface area contributed by atoms with Crippen molar-refractivity contribution in [3.05, 3.63) is 27.1 Å². The third kappa shape index (κ3) is 2.83. The fourth-order valence-electron chi connectivity index (χ4n) is 0.682. The quantitative estimate of drug-likeness (QED) is 0.421. The molecule has 0 aliphatic carbocycles. The molecule has 0 aliphatic heterocycles. The van der Waals surface area contributed by atoms with Gasteiger partial charge in [0.25, 0.3) is 0 Å². The average molecular weight is 199 g/mol. The van der Waals surface area contributed by atoms with E-state index < -0.39 is 4.92 Å². The third-order valence-electron chi connectivity index (χ3n) is 1.21. The number of nitrogens with zero attached hydrogens (tertiary/aromatic N) is 3. The summed E-state index contributed by atoms with van der Waals surface area (Å²) in [6.45, 7) is 0. The minimum Gasteiger partial charge on any atom is -0.303 e. The molecular weight excluding hydrogens is 190 g/mol. The highest BCUT2D eigenvalue weighted by atomic mass is 32.1. The Morgan fingerprint density at radius 1 is 1.62 bits per heavy atom. The Hall–Kier alpha value is -1.43. The lowest BCUT2D eigenvalue weighted by Gasteiger charge is -2.00. The number of nitro groups is 1. The highest BCUT2D eigenvalue weighted by Gasteiger charge is 2.07. The van der Waals surface area contributed by atoms with Crippen LogP contribution in [0, 0.1) is 10.1 Å². The van der Waals surface area contributed by atoms with Crippen LogP contribution < -0.4 is 0 Å². The van der Waals surface area contributed by atoms with Crippen molar-refractivity contribution in [2.24, 2.45) is 5.10 Å². The molecule has 0 fully saturated rings. The molecule has 0 N–H and O–H groups in total. The van der Waals surface area contributed by atoms with E-state index in [1.54, 1.807) is 31.4 Å². The van der Waals surface area contributed by atoms with Gasteiger partial charge in [-0.1, -0.05) is 11.3 Å². The second-order valence-electron chi connectivity index (χ2n) is 2.52. The molecular formula is C7H9N3O2S. The molecule has 1 rings (SSSR count). The van der Waals surface area contributed by atoms with Crippen LogP contribution in [-0.2, 0) is 0 Å². The largest absolute Gasteiger partial charge is 0.324 e. The normalized spacial score (nSPS) is 10.6. The zero-order valence-electron chi connectivity index (χ0n) is 7.30. The van der Waals surface area contributed by atoms with Gasteiger partial charge in [0.15, 0.2) is 0 Å². The molecule has 0 spiro atoms. The van der Waals surface area contributed by atoms with E-state index in [2.05, 4.69) is 5.10 Å². The number of hydrazone groups is 1. The van der Waals surface area contributed by atoms with Crippen molar-refractivity contribution in [3.63, 3.8) is 0 Å². The lowest BCUT2D eigenvalue weighted by atomic mass is 10.5. The van der Waals surface area contributed by atoms with Gasteiger partial charge in [0.05, 0.1) is 16.0 Å². The first kappa shape index (κ1) is 9.66. The van der Waals surface area contributed by atoms with E-state index in [4.69, 9.17) is 0 Å². The van der Waals surface area contributed by atoms with E-state index in [-0.39, 0.29) is 5.00 Å². The van der Waals surface area contributed by atoms with Crippen LogP contribution >= 0.6 is 11.3 Å². The molecule has 0 saturated carbocycles. The zero-order valence-corrected chi connectivity index (χ0v) is 8.11. The maximum atomic E-state index is 10.3. The molecule has 6 heteroatoms. The Morgan fingerprint density at radius 2 is 2.31 bits per heavy atom. The van der Waals surface area contributed by atoms with Crippen molar-refractivity contribution in [1.82, 2.24) is 5.01 Å². The molecule has 5 nitrogen and oxygen atoms in total. The third-order valence-corrected chi connectivity index (χ3v) is 2.18. The molecule has 0 amide bonds. The molecule has 13 heavy (non-hydrogen) atoms. The summed E-state index contributed by atoms with van der Waals surface area (Å²) >= 11 is 1.11. The predicted molar refractivity (Wildman–Crippen MR) is 52.3 cm³/mol. The average Bonchev–Trinajstić information content (AvgIpc) is 2.48. The first-order valence-electron chi connectivity index (χ1n) is 3.55. The molecule has 0 atom stereocenters. The van der Waals surface area contributed by atoms with E-state index in [1.807, 2.05) is 0 Å². The van der Waals surface area contributed by atoms with Gasteiger partial charge in [0, 0.05) is 20.2 Å². The minimum atomic E-state index is -0.405. The van der Waals surface area contributed by atoms with Crippen molar-refractivity contribution in [2.75, 3.05) is 14.1 Å². The van der Waals surface area contributed by atoms with Crippen LogP contribution in [0.5, 0.6) is 0 Å². The van der Waals surface area contributed by atoms with Crippen LogP contribution in [0.2, 0.25) is 0 Å². The maximum Gasteiger partial charge on any atom is 0.324 e. The van der Waals surface area contributed by atoms with Crippen molar-refractivity contribution in [2.45, 2.75) is 0 Å². The Morgan fingerprint density at radius 3 is 2.77 bits per heavy atom. The van der Waals surface area contributed by atoms with Gasteiger partial charge in [-0.05, 0) is 6.07 Å². The molecule has 1 heterocycles. The fraction of sp³-hybridized carbons (Fsp3) is 0.286. The standard InChI is InChI=1S/C7H9N3O2S/c1-9(2)8-5-6-3-4-7(13-6)10(11)12/h3-5H,1-2H3. The van der Waals surface area contributed by atoms with Gasteiger partial charge in [0.2, 0.25) is 0 Å². The minimum absolute atomic E-state index is 0.139. The topological polar surface area (TPSA) is 58.7 Å². The first-order chi connectivity index (χ1) is 6.09. The van der Waals surface area contributed by atoms with Crippen LogP contribution in [0.4, 0.5) is 5.00 Å². The Labute approximate surface area is 79.4 Å². The Kier molecular flexibility index (Phi) is 2.97. The lowest BCUT2D eigenvalue weighted by Crippen LogP contribution is -2.01. The summed E-state index contributed by atoms with van der Waals surface area (Å²) in [5, 5.41) is 16.0. The van der Waals surface area contributed by atoms with Gasteiger partial charge in [-0.15, -0.1) is 0 Å². The van der Waals surface area contributed by atoms with Crippen molar-refractivity contribution in [1.29, 1.82) is 0 Å². The van der Waals surface area contributed by atoms with Gasteiger partial charge < -0.3 is 5.01 Å². The fourth-order valence-corrected chi connectivity index (χ4v) is 1.37. The highest BCUT2D eigenvalue weighted by molar-refractivity contribution is 7.16. The molecule has 1 aromatic heterocycles. The highest BCUT2D eigenvalue weighted by Crippen LogP contribution is 2.22. The van der Waals surface area contributed by atoms with Crippen molar-refractivity contribution in [3.8, 4) is 0 Å². The SMILES string of the molecule is CN(C)N=Cc1ccc([N+](=O)[O-])s1. The van der Waals surface area contributed by atoms with Crippen LogP contribution in [0.3, 0.4) is 0 Å². The van der Waals surface area contributed by atoms with Gasteiger partial charge in [0.1, 0.15) is 0 Å². The predicted octanol–water partition coefficient (Wildman–Crippen LogP) is 1.55.